The number of carbonyl (C=O) groups excluding carboxylic acids is 1. The molecule has 0 aliphatic heterocycles. The van der Waals surface area contributed by atoms with E-state index in [1.165, 1.54) is 6.07 Å². The second kappa shape index (κ2) is 7.58. The number of hydrogen-bond acceptors (Lipinski definition) is 2. The molecular formula is C17H18F2N2O2. The molecule has 4 nitrogen and oxygen atoms in total. The fourth-order valence-corrected chi connectivity index (χ4v) is 1.95. The van der Waals surface area contributed by atoms with Gasteiger partial charge in [-0.15, -0.1) is 0 Å². The number of anilines is 1. The number of ether oxygens (including phenoxy) is 1. The van der Waals surface area contributed by atoms with E-state index in [0.29, 0.717) is 0 Å². The average molecular weight is 320 g/mol. The van der Waals surface area contributed by atoms with Crippen LogP contribution in [0.1, 0.15) is 11.1 Å². The molecule has 122 valence electrons. The molecule has 2 aromatic carbocycles. The Morgan fingerprint density at radius 3 is 2.65 bits per heavy atom. The lowest BCUT2D eigenvalue weighted by Crippen LogP contribution is -2.32. The van der Waals surface area contributed by atoms with Crippen LogP contribution in [0.3, 0.4) is 0 Å². The van der Waals surface area contributed by atoms with Gasteiger partial charge in [0, 0.05) is 11.8 Å². The third kappa shape index (κ3) is 4.67. The third-order valence-corrected chi connectivity index (χ3v) is 3.40. The molecule has 0 heterocycles. The highest BCUT2D eigenvalue weighted by molar-refractivity contribution is 5.90. The summed E-state index contributed by atoms with van der Waals surface area (Å²) in [5.74, 6) is -1.69. The van der Waals surface area contributed by atoms with Gasteiger partial charge in [0.05, 0.1) is 6.54 Å². The van der Waals surface area contributed by atoms with E-state index in [0.717, 1.165) is 28.9 Å². The molecule has 2 rings (SSSR count). The molecule has 0 unspecified atom stereocenters. The fourth-order valence-electron chi connectivity index (χ4n) is 1.95. The molecule has 0 aromatic heterocycles. The molecule has 0 atom stereocenters. The first-order chi connectivity index (χ1) is 11.0. The first-order valence-corrected chi connectivity index (χ1v) is 7.16. The number of nitrogens with one attached hydrogen (secondary N) is 2. The molecule has 0 radical (unpaired) electrons. The van der Waals surface area contributed by atoms with Gasteiger partial charge in [-0.1, -0.05) is 12.1 Å². The molecule has 0 fully saturated rings. The van der Waals surface area contributed by atoms with Crippen LogP contribution in [0.2, 0.25) is 0 Å². The van der Waals surface area contributed by atoms with Crippen molar-refractivity contribution in [1.82, 2.24) is 5.32 Å². The van der Waals surface area contributed by atoms with Crippen molar-refractivity contribution in [3.05, 3.63) is 59.2 Å². The van der Waals surface area contributed by atoms with E-state index in [-0.39, 0.29) is 24.9 Å². The summed E-state index contributed by atoms with van der Waals surface area (Å²) in [6.07, 6.45) is 0. The van der Waals surface area contributed by atoms with Crippen molar-refractivity contribution in [2.45, 2.75) is 13.8 Å². The zero-order valence-electron chi connectivity index (χ0n) is 13.0. The van der Waals surface area contributed by atoms with E-state index in [2.05, 4.69) is 10.6 Å². The first-order valence-electron chi connectivity index (χ1n) is 7.16. The van der Waals surface area contributed by atoms with E-state index >= 15 is 0 Å². The summed E-state index contributed by atoms with van der Waals surface area (Å²) in [6, 6.07) is 8.58. The highest BCUT2D eigenvalue weighted by Crippen LogP contribution is 2.17. The molecule has 0 aliphatic rings. The van der Waals surface area contributed by atoms with Crippen molar-refractivity contribution < 1.29 is 18.3 Å². The molecule has 0 saturated heterocycles. The minimum absolute atomic E-state index is 0.144. The highest BCUT2D eigenvalue weighted by atomic mass is 19.2. The van der Waals surface area contributed by atoms with Crippen molar-refractivity contribution in [2.75, 3.05) is 18.5 Å². The van der Waals surface area contributed by atoms with Crippen LogP contribution in [-0.2, 0) is 0 Å². The smallest absolute Gasteiger partial charge is 0.319 e. The normalized spacial score (nSPS) is 10.3. The van der Waals surface area contributed by atoms with Crippen LogP contribution >= 0.6 is 0 Å². The molecule has 6 heteroatoms. The number of urea groups is 1. The van der Waals surface area contributed by atoms with Crippen molar-refractivity contribution in [2.24, 2.45) is 0 Å². The second-order valence-electron chi connectivity index (χ2n) is 5.05. The van der Waals surface area contributed by atoms with Crippen LogP contribution in [0.5, 0.6) is 5.75 Å². The zero-order valence-corrected chi connectivity index (χ0v) is 13.0. The summed E-state index contributed by atoms with van der Waals surface area (Å²) >= 11 is 0. The Bertz CT molecular complexity index is 705. The Morgan fingerprint density at radius 1 is 1.13 bits per heavy atom. The van der Waals surface area contributed by atoms with Gasteiger partial charge in [-0.3, -0.25) is 0 Å². The van der Waals surface area contributed by atoms with E-state index in [1.807, 2.05) is 32.0 Å². The Morgan fingerprint density at radius 2 is 1.91 bits per heavy atom. The van der Waals surface area contributed by atoms with Gasteiger partial charge in [-0.25, -0.2) is 13.6 Å². The van der Waals surface area contributed by atoms with E-state index < -0.39 is 11.6 Å². The number of carbonyl (C=O) groups is 1. The number of benzene rings is 2. The summed E-state index contributed by atoms with van der Waals surface area (Å²) in [5, 5.41) is 5.38. The van der Waals surface area contributed by atoms with Crippen LogP contribution in [0.25, 0.3) is 0 Å². The molecule has 2 N–H and O–H groups in total. The van der Waals surface area contributed by atoms with Gasteiger partial charge in [0.2, 0.25) is 0 Å². The number of aryl methyl sites for hydroxylation is 1. The van der Waals surface area contributed by atoms with Gasteiger partial charge in [-0.2, -0.15) is 0 Å². The Balaban J connectivity index is 1.76. The van der Waals surface area contributed by atoms with E-state index in [4.69, 9.17) is 4.74 Å². The van der Waals surface area contributed by atoms with E-state index in [9.17, 15) is 13.6 Å². The monoisotopic (exact) mass is 320 g/mol. The van der Waals surface area contributed by atoms with Crippen molar-refractivity contribution >= 4 is 11.7 Å². The van der Waals surface area contributed by atoms with Crippen LogP contribution < -0.4 is 15.4 Å². The van der Waals surface area contributed by atoms with Crippen molar-refractivity contribution in [3.8, 4) is 5.75 Å². The Labute approximate surface area is 133 Å². The molecule has 23 heavy (non-hydrogen) atoms. The average Bonchev–Trinajstić information content (AvgIpc) is 2.52. The molecular weight excluding hydrogens is 302 g/mol. The lowest BCUT2D eigenvalue weighted by molar-refractivity contribution is 0.247. The highest BCUT2D eigenvalue weighted by Gasteiger charge is 2.06. The standard InChI is InChI=1S/C17H18F2N2O2/c1-11-4-3-5-16(12(11)2)21-17(22)20-8-9-23-13-6-7-14(18)15(19)10-13/h3-7,10H,8-9H2,1-2H3,(H2,20,21,22). The molecule has 2 amide bonds. The minimum atomic E-state index is -0.969. The summed E-state index contributed by atoms with van der Waals surface area (Å²) in [4.78, 5) is 11.8. The summed E-state index contributed by atoms with van der Waals surface area (Å²) in [5.41, 5.74) is 2.83. The minimum Gasteiger partial charge on any atom is -0.492 e. The van der Waals surface area contributed by atoms with Crippen LogP contribution in [0.4, 0.5) is 19.3 Å². The molecule has 0 aliphatic carbocycles. The second-order valence-corrected chi connectivity index (χ2v) is 5.05. The number of hydrogen-bond donors (Lipinski definition) is 2. The topological polar surface area (TPSA) is 50.4 Å². The van der Waals surface area contributed by atoms with Gasteiger partial charge in [0.15, 0.2) is 11.6 Å². The lowest BCUT2D eigenvalue weighted by atomic mass is 10.1. The number of amides is 2. The largest absolute Gasteiger partial charge is 0.492 e. The Hall–Kier alpha value is -2.63. The van der Waals surface area contributed by atoms with Crippen LogP contribution in [0, 0.1) is 25.5 Å². The molecule has 0 saturated carbocycles. The zero-order chi connectivity index (χ0) is 16.8. The predicted molar refractivity (Wildman–Crippen MR) is 84.8 cm³/mol. The summed E-state index contributed by atoms with van der Waals surface area (Å²) in [7, 11) is 0. The van der Waals surface area contributed by atoms with Gasteiger partial charge in [0.1, 0.15) is 12.4 Å². The van der Waals surface area contributed by atoms with Crippen LogP contribution in [-0.4, -0.2) is 19.2 Å². The summed E-state index contributed by atoms with van der Waals surface area (Å²) in [6.45, 7) is 4.27. The molecule has 0 bridgehead atoms. The van der Waals surface area contributed by atoms with Gasteiger partial charge in [0.25, 0.3) is 0 Å². The molecule has 2 aromatic rings. The molecule has 0 spiro atoms. The SMILES string of the molecule is Cc1cccc(NC(=O)NCCOc2ccc(F)c(F)c2)c1C. The van der Waals surface area contributed by atoms with Crippen molar-refractivity contribution in [3.63, 3.8) is 0 Å². The maximum Gasteiger partial charge on any atom is 0.319 e. The maximum absolute atomic E-state index is 13.0. The quantitative estimate of drug-likeness (QED) is 0.824. The van der Waals surface area contributed by atoms with Gasteiger partial charge >= 0.3 is 6.03 Å². The van der Waals surface area contributed by atoms with Gasteiger partial charge < -0.3 is 15.4 Å². The maximum atomic E-state index is 13.0. The van der Waals surface area contributed by atoms with E-state index in [1.54, 1.807) is 0 Å². The van der Waals surface area contributed by atoms with Crippen LogP contribution in [0.15, 0.2) is 36.4 Å². The fraction of sp³-hybridized carbons (Fsp3) is 0.235. The summed E-state index contributed by atoms with van der Waals surface area (Å²) < 4.78 is 31.0. The first kappa shape index (κ1) is 16.7. The van der Waals surface area contributed by atoms with Crippen molar-refractivity contribution in [1.29, 1.82) is 0 Å². The Kier molecular flexibility index (Phi) is 5.51. The number of rotatable bonds is 5. The predicted octanol–water partition coefficient (Wildman–Crippen LogP) is 3.78. The van der Waals surface area contributed by atoms with Gasteiger partial charge in [-0.05, 0) is 43.2 Å². The lowest BCUT2D eigenvalue weighted by Gasteiger charge is -2.12. The third-order valence-electron chi connectivity index (χ3n) is 3.40. The number of halogens is 2.